The van der Waals surface area contributed by atoms with Crippen molar-refractivity contribution in [2.24, 2.45) is 17.6 Å². The van der Waals surface area contributed by atoms with Gasteiger partial charge in [0.1, 0.15) is 0 Å². The van der Waals surface area contributed by atoms with Crippen LogP contribution in [0.2, 0.25) is 0 Å². The topological polar surface area (TPSA) is 75.3 Å². The maximum absolute atomic E-state index is 12.0. The van der Waals surface area contributed by atoms with Gasteiger partial charge in [0.2, 0.25) is 5.91 Å². The molecule has 0 saturated carbocycles. The van der Waals surface area contributed by atoms with Crippen molar-refractivity contribution < 1.29 is 9.90 Å². The second-order valence-corrected chi connectivity index (χ2v) is 5.63. The molecule has 0 aromatic rings. The molecule has 0 aliphatic rings. The highest BCUT2D eigenvalue weighted by Gasteiger charge is 2.27. The Morgan fingerprint density at radius 1 is 1.33 bits per heavy atom. The lowest BCUT2D eigenvalue weighted by molar-refractivity contribution is -0.124. The summed E-state index contributed by atoms with van der Waals surface area (Å²) in [7, 11) is 0. The summed E-state index contributed by atoms with van der Waals surface area (Å²) in [5.74, 6) is 0.783. The summed E-state index contributed by atoms with van der Waals surface area (Å²) in [6, 6.07) is 0. The zero-order valence-electron chi connectivity index (χ0n) is 12.3. The zero-order valence-corrected chi connectivity index (χ0v) is 12.3. The normalized spacial score (nSPS) is 13.7. The summed E-state index contributed by atoms with van der Waals surface area (Å²) < 4.78 is 0. The van der Waals surface area contributed by atoms with E-state index in [9.17, 15) is 9.90 Å². The van der Waals surface area contributed by atoms with Gasteiger partial charge in [0.05, 0.1) is 12.1 Å². The van der Waals surface area contributed by atoms with E-state index in [0.717, 1.165) is 19.3 Å². The Hall–Kier alpha value is -0.610. The van der Waals surface area contributed by atoms with Gasteiger partial charge in [-0.1, -0.05) is 27.7 Å². The molecule has 1 unspecified atom stereocenters. The predicted octanol–water partition coefficient (Wildman–Crippen LogP) is 1.66. The smallest absolute Gasteiger partial charge is 0.220 e. The molecule has 0 fully saturated rings. The quantitative estimate of drug-likeness (QED) is 0.589. The number of hydrogen-bond donors (Lipinski definition) is 3. The molecule has 0 aliphatic heterocycles. The molecule has 0 radical (unpaired) electrons. The molecular formula is C14H30N2O2. The van der Waals surface area contributed by atoms with Crippen LogP contribution in [0, 0.1) is 11.8 Å². The fourth-order valence-corrected chi connectivity index (χ4v) is 2.23. The number of carbonyl (C=O) groups excluding carboxylic acids is 1. The van der Waals surface area contributed by atoms with Crippen molar-refractivity contribution in [2.45, 2.75) is 58.9 Å². The summed E-state index contributed by atoms with van der Waals surface area (Å²) >= 11 is 0. The van der Waals surface area contributed by atoms with Crippen LogP contribution in [-0.4, -0.2) is 29.7 Å². The van der Waals surface area contributed by atoms with Crippen molar-refractivity contribution in [1.82, 2.24) is 5.32 Å². The monoisotopic (exact) mass is 258 g/mol. The maximum Gasteiger partial charge on any atom is 0.220 e. The van der Waals surface area contributed by atoms with Gasteiger partial charge in [0.15, 0.2) is 0 Å². The second-order valence-electron chi connectivity index (χ2n) is 5.63. The third-order valence-corrected chi connectivity index (χ3v) is 3.67. The highest BCUT2D eigenvalue weighted by Crippen LogP contribution is 2.17. The molecule has 1 amide bonds. The molecule has 1 atom stereocenters. The Balaban J connectivity index is 4.38. The molecule has 0 rings (SSSR count). The first kappa shape index (κ1) is 17.4. The minimum atomic E-state index is -0.464. The van der Waals surface area contributed by atoms with Crippen molar-refractivity contribution in [1.29, 1.82) is 0 Å². The third kappa shape index (κ3) is 5.83. The van der Waals surface area contributed by atoms with Crippen LogP contribution in [-0.2, 0) is 4.79 Å². The number of hydrogen-bond acceptors (Lipinski definition) is 3. The Morgan fingerprint density at radius 3 is 2.22 bits per heavy atom. The highest BCUT2D eigenvalue weighted by atomic mass is 16.3. The molecular weight excluding hydrogens is 228 g/mol. The summed E-state index contributed by atoms with van der Waals surface area (Å²) in [5, 5.41) is 12.4. The lowest BCUT2D eigenvalue weighted by atomic mass is 9.91. The summed E-state index contributed by atoms with van der Waals surface area (Å²) in [4.78, 5) is 12.0. The van der Waals surface area contributed by atoms with Crippen molar-refractivity contribution in [3.05, 3.63) is 0 Å². The van der Waals surface area contributed by atoms with Crippen LogP contribution in [0.4, 0.5) is 0 Å². The summed E-state index contributed by atoms with van der Waals surface area (Å²) in [6.07, 6.45) is 2.90. The predicted molar refractivity (Wildman–Crippen MR) is 75.2 cm³/mol. The van der Waals surface area contributed by atoms with Gasteiger partial charge in [-0.05, 0) is 37.6 Å². The van der Waals surface area contributed by atoms with E-state index in [0.29, 0.717) is 18.9 Å². The van der Waals surface area contributed by atoms with Crippen LogP contribution < -0.4 is 11.1 Å². The molecule has 108 valence electrons. The molecule has 0 aliphatic carbocycles. The Bertz CT molecular complexity index is 230. The third-order valence-electron chi connectivity index (χ3n) is 3.67. The minimum Gasteiger partial charge on any atom is -0.394 e. The Kier molecular flexibility index (Phi) is 8.20. The van der Waals surface area contributed by atoms with Gasteiger partial charge in [-0.15, -0.1) is 0 Å². The minimum absolute atomic E-state index is 0.00356. The SMILES string of the molecule is CCC(CC)(CO)NC(=O)CC(CN)CC(C)C. The van der Waals surface area contributed by atoms with E-state index in [4.69, 9.17) is 5.73 Å². The molecule has 4 nitrogen and oxygen atoms in total. The molecule has 0 spiro atoms. The van der Waals surface area contributed by atoms with Crippen molar-refractivity contribution in [2.75, 3.05) is 13.2 Å². The van der Waals surface area contributed by atoms with Gasteiger partial charge < -0.3 is 16.2 Å². The summed E-state index contributed by atoms with van der Waals surface area (Å²) in [5.41, 5.74) is 5.24. The van der Waals surface area contributed by atoms with Crippen molar-refractivity contribution in [3.8, 4) is 0 Å². The second kappa shape index (κ2) is 8.48. The van der Waals surface area contributed by atoms with Crippen LogP contribution >= 0.6 is 0 Å². The molecule has 0 saturated heterocycles. The standard InChI is InChI=1S/C14H30N2O2/c1-5-14(6-2,10-17)16-13(18)8-12(9-15)7-11(3)4/h11-12,17H,5-10,15H2,1-4H3,(H,16,18). The molecule has 0 aromatic heterocycles. The number of aliphatic hydroxyl groups excluding tert-OH is 1. The fourth-order valence-electron chi connectivity index (χ4n) is 2.23. The number of aliphatic hydroxyl groups is 1. The molecule has 4 N–H and O–H groups in total. The van der Waals surface area contributed by atoms with Gasteiger partial charge in [-0.25, -0.2) is 0 Å². The lowest BCUT2D eigenvalue weighted by Crippen LogP contribution is -2.51. The molecule has 0 heterocycles. The number of amides is 1. The van der Waals surface area contributed by atoms with Gasteiger partial charge in [-0.2, -0.15) is 0 Å². The molecule has 18 heavy (non-hydrogen) atoms. The largest absolute Gasteiger partial charge is 0.394 e. The van der Waals surface area contributed by atoms with Crippen LogP contribution in [0.5, 0.6) is 0 Å². The van der Waals surface area contributed by atoms with Crippen LogP contribution in [0.3, 0.4) is 0 Å². The average molecular weight is 258 g/mol. The van der Waals surface area contributed by atoms with E-state index in [1.165, 1.54) is 0 Å². The average Bonchev–Trinajstić information content (AvgIpc) is 2.34. The number of rotatable bonds is 9. The van der Waals surface area contributed by atoms with Crippen LogP contribution in [0.25, 0.3) is 0 Å². The van der Waals surface area contributed by atoms with Crippen LogP contribution in [0.1, 0.15) is 53.4 Å². The molecule has 0 bridgehead atoms. The molecule has 0 aromatic carbocycles. The van der Waals surface area contributed by atoms with Crippen molar-refractivity contribution >= 4 is 5.91 Å². The Morgan fingerprint density at radius 2 is 1.89 bits per heavy atom. The first-order valence-corrected chi connectivity index (χ1v) is 7.04. The van der Waals surface area contributed by atoms with Crippen molar-refractivity contribution in [3.63, 3.8) is 0 Å². The van der Waals surface area contributed by atoms with Crippen LogP contribution in [0.15, 0.2) is 0 Å². The van der Waals surface area contributed by atoms with E-state index >= 15 is 0 Å². The highest BCUT2D eigenvalue weighted by molar-refractivity contribution is 5.77. The first-order valence-electron chi connectivity index (χ1n) is 7.04. The maximum atomic E-state index is 12.0. The van der Waals surface area contributed by atoms with E-state index in [-0.39, 0.29) is 18.4 Å². The van der Waals surface area contributed by atoms with Gasteiger partial charge in [-0.3, -0.25) is 4.79 Å². The zero-order chi connectivity index (χ0) is 14.2. The van der Waals surface area contributed by atoms with Gasteiger partial charge >= 0.3 is 0 Å². The summed E-state index contributed by atoms with van der Waals surface area (Å²) in [6.45, 7) is 8.76. The van der Waals surface area contributed by atoms with E-state index in [1.54, 1.807) is 0 Å². The van der Waals surface area contributed by atoms with E-state index in [2.05, 4.69) is 19.2 Å². The number of nitrogens with one attached hydrogen (secondary N) is 1. The Labute approximate surface area is 111 Å². The van der Waals surface area contributed by atoms with Gasteiger partial charge in [0.25, 0.3) is 0 Å². The number of nitrogens with two attached hydrogens (primary N) is 1. The lowest BCUT2D eigenvalue weighted by Gasteiger charge is -2.31. The van der Waals surface area contributed by atoms with Gasteiger partial charge in [0, 0.05) is 6.42 Å². The first-order chi connectivity index (χ1) is 8.42. The fraction of sp³-hybridized carbons (Fsp3) is 0.929. The molecule has 4 heteroatoms. The van der Waals surface area contributed by atoms with E-state index < -0.39 is 5.54 Å². The number of carbonyl (C=O) groups is 1. The van der Waals surface area contributed by atoms with E-state index in [1.807, 2.05) is 13.8 Å².